The Kier molecular flexibility index (Phi) is 4.30. The van der Waals surface area contributed by atoms with Crippen molar-refractivity contribution in [1.29, 1.82) is 0 Å². The smallest absolute Gasteiger partial charge is 0.276 e. The van der Waals surface area contributed by atoms with Crippen molar-refractivity contribution < 1.29 is 4.79 Å². The number of aromatic nitrogens is 3. The van der Waals surface area contributed by atoms with Gasteiger partial charge in [0.2, 0.25) is 0 Å². The number of nitrogens with zero attached hydrogens (tertiary/aromatic N) is 5. The average Bonchev–Trinajstić information content (AvgIpc) is 3.29. The van der Waals surface area contributed by atoms with Crippen LogP contribution in [-0.4, -0.2) is 62.9 Å². The molecule has 3 heterocycles. The van der Waals surface area contributed by atoms with E-state index in [0.29, 0.717) is 11.7 Å². The number of hydrogen-bond donors (Lipinski definition) is 0. The Labute approximate surface area is 142 Å². The zero-order chi connectivity index (χ0) is 16.4. The van der Waals surface area contributed by atoms with Gasteiger partial charge in [-0.25, -0.2) is 0 Å². The van der Waals surface area contributed by atoms with Gasteiger partial charge < -0.3 is 4.90 Å². The van der Waals surface area contributed by atoms with Crippen molar-refractivity contribution >= 4 is 5.91 Å². The van der Waals surface area contributed by atoms with Crippen molar-refractivity contribution in [2.24, 2.45) is 0 Å². The molecule has 6 nitrogen and oxygen atoms in total. The maximum absolute atomic E-state index is 12.7. The Bertz CT molecular complexity index is 698. The zero-order valence-electron chi connectivity index (χ0n) is 13.8. The standard InChI is InChI=1S/C18H23N5O/c24-18(22-12-11-21-9-4-7-16(21)13-22)17-14-23(20-19-17)10-8-15-5-2-1-3-6-15/h1-3,5-6,14,16H,4,7-13H2. The summed E-state index contributed by atoms with van der Waals surface area (Å²) >= 11 is 0. The average molecular weight is 325 g/mol. The minimum absolute atomic E-state index is 0.0208. The molecule has 1 amide bonds. The van der Waals surface area contributed by atoms with E-state index in [2.05, 4.69) is 27.3 Å². The van der Waals surface area contributed by atoms with Crippen LogP contribution in [0.5, 0.6) is 0 Å². The summed E-state index contributed by atoms with van der Waals surface area (Å²) in [6.07, 6.45) is 5.13. The number of benzene rings is 1. The topological polar surface area (TPSA) is 54.3 Å². The predicted molar refractivity (Wildman–Crippen MR) is 90.7 cm³/mol. The van der Waals surface area contributed by atoms with Gasteiger partial charge in [-0.05, 0) is 31.4 Å². The van der Waals surface area contributed by atoms with Crippen molar-refractivity contribution in [3.8, 4) is 0 Å². The number of carbonyl (C=O) groups excluding carboxylic acids is 1. The number of hydrogen-bond acceptors (Lipinski definition) is 4. The third kappa shape index (κ3) is 3.19. The highest BCUT2D eigenvalue weighted by Crippen LogP contribution is 2.22. The van der Waals surface area contributed by atoms with Gasteiger partial charge in [0, 0.05) is 32.2 Å². The fourth-order valence-electron chi connectivity index (χ4n) is 3.73. The van der Waals surface area contributed by atoms with Crippen LogP contribution in [0.25, 0.3) is 0 Å². The number of carbonyl (C=O) groups is 1. The predicted octanol–water partition coefficient (Wildman–Crippen LogP) is 1.44. The van der Waals surface area contributed by atoms with E-state index in [4.69, 9.17) is 0 Å². The van der Waals surface area contributed by atoms with Crippen LogP contribution in [0.3, 0.4) is 0 Å². The number of fused-ring (bicyclic) bond motifs is 1. The van der Waals surface area contributed by atoms with Crippen LogP contribution in [0.1, 0.15) is 28.9 Å². The maximum Gasteiger partial charge on any atom is 0.276 e. The summed E-state index contributed by atoms with van der Waals surface area (Å²) in [5.74, 6) is 0.0208. The van der Waals surface area contributed by atoms with E-state index in [1.54, 1.807) is 10.9 Å². The Morgan fingerprint density at radius 3 is 2.92 bits per heavy atom. The van der Waals surface area contributed by atoms with Gasteiger partial charge in [0.15, 0.2) is 5.69 Å². The van der Waals surface area contributed by atoms with Gasteiger partial charge in [0.25, 0.3) is 5.91 Å². The van der Waals surface area contributed by atoms with Gasteiger partial charge in [0.05, 0.1) is 6.20 Å². The third-order valence-electron chi connectivity index (χ3n) is 5.10. The molecule has 2 fully saturated rings. The first-order valence-electron chi connectivity index (χ1n) is 8.77. The minimum Gasteiger partial charge on any atom is -0.334 e. The molecule has 4 rings (SSSR count). The summed E-state index contributed by atoms with van der Waals surface area (Å²) in [6.45, 7) is 4.53. The van der Waals surface area contributed by atoms with Crippen LogP contribution in [0.2, 0.25) is 0 Å². The first-order chi connectivity index (χ1) is 11.8. The minimum atomic E-state index is 0.0208. The number of piperazine rings is 1. The molecule has 1 aromatic heterocycles. The van der Waals surface area contributed by atoms with Crippen LogP contribution in [-0.2, 0) is 13.0 Å². The lowest BCUT2D eigenvalue weighted by Gasteiger charge is -2.37. The monoisotopic (exact) mass is 325 g/mol. The number of rotatable bonds is 4. The van der Waals surface area contributed by atoms with Gasteiger partial charge in [-0.15, -0.1) is 5.10 Å². The molecule has 0 N–H and O–H groups in total. The molecule has 2 aromatic rings. The maximum atomic E-state index is 12.7. The van der Waals surface area contributed by atoms with Crippen LogP contribution >= 0.6 is 0 Å². The van der Waals surface area contributed by atoms with Crippen LogP contribution < -0.4 is 0 Å². The lowest BCUT2D eigenvalue weighted by atomic mass is 10.1. The highest BCUT2D eigenvalue weighted by molar-refractivity contribution is 5.92. The van der Waals surface area contributed by atoms with E-state index >= 15 is 0 Å². The van der Waals surface area contributed by atoms with Crippen molar-refractivity contribution in [1.82, 2.24) is 24.8 Å². The van der Waals surface area contributed by atoms with Crippen molar-refractivity contribution in [2.45, 2.75) is 31.8 Å². The molecule has 24 heavy (non-hydrogen) atoms. The molecule has 2 saturated heterocycles. The first-order valence-corrected chi connectivity index (χ1v) is 8.77. The molecule has 0 spiro atoms. The molecule has 6 heteroatoms. The summed E-state index contributed by atoms with van der Waals surface area (Å²) in [5.41, 5.74) is 1.73. The Hall–Kier alpha value is -2.21. The van der Waals surface area contributed by atoms with Gasteiger partial charge >= 0.3 is 0 Å². The van der Waals surface area contributed by atoms with E-state index < -0.39 is 0 Å². The summed E-state index contributed by atoms with van der Waals surface area (Å²) in [5, 5.41) is 8.22. The second-order valence-corrected chi connectivity index (χ2v) is 6.69. The molecular formula is C18H23N5O. The molecule has 0 bridgehead atoms. The van der Waals surface area contributed by atoms with Gasteiger partial charge in [-0.3, -0.25) is 14.4 Å². The lowest BCUT2D eigenvalue weighted by molar-refractivity contribution is 0.0565. The zero-order valence-corrected chi connectivity index (χ0v) is 13.8. The van der Waals surface area contributed by atoms with Crippen molar-refractivity contribution in [2.75, 3.05) is 26.2 Å². The molecular weight excluding hydrogens is 302 g/mol. The lowest BCUT2D eigenvalue weighted by Crippen LogP contribution is -2.52. The largest absolute Gasteiger partial charge is 0.334 e. The Balaban J connectivity index is 1.36. The van der Waals surface area contributed by atoms with Crippen LogP contribution in [0, 0.1) is 0 Å². The third-order valence-corrected chi connectivity index (χ3v) is 5.10. The van der Waals surface area contributed by atoms with E-state index in [1.165, 1.54) is 24.9 Å². The van der Waals surface area contributed by atoms with Crippen LogP contribution in [0.4, 0.5) is 0 Å². The summed E-state index contributed by atoms with van der Waals surface area (Å²) in [7, 11) is 0. The summed E-state index contributed by atoms with van der Waals surface area (Å²) in [6, 6.07) is 10.8. The fourth-order valence-corrected chi connectivity index (χ4v) is 3.73. The molecule has 2 aliphatic heterocycles. The summed E-state index contributed by atoms with van der Waals surface area (Å²) in [4.78, 5) is 17.1. The highest BCUT2D eigenvalue weighted by atomic mass is 16.2. The van der Waals surface area contributed by atoms with Gasteiger partial charge in [-0.1, -0.05) is 35.5 Å². The number of aryl methyl sites for hydroxylation is 2. The molecule has 1 unspecified atom stereocenters. The fraction of sp³-hybridized carbons (Fsp3) is 0.500. The summed E-state index contributed by atoms with van der Waals surface area (Å²) < 4.78 is 1.77. The van der Waals surface area contributed by atoms with E-state index in [0.717, 1.165) is 32.6 Å². The Morgan fingerprint density at radius 1 is 1.17 bits per heavy atom. The Morgan fingerprint density at radius 2 is 2.04 bits per heavy atom. The highest BCUT2D eigenvalue weighted by Gasteiger charge is 2.33. The molecule has 126 valence electrons. The first kappa shape index (κ1) is 15.3. The van der Waals surface area contributed by atoms with E-state index in [1.807, 2.05) is 23.1 Å². The normalized spacial score (nSPS) is 21.0. The second-order valence-electron chi connectivity index (χ2n) is 6.69. The van der Waals surface area contributed by atoms with Crippen molar-refractivity contribution in [3.63, 3.8) is 0 Å². The second kappa shape index (κ2) is 6.73. The van der Waals surface area contributed by atoms with Crippen LogP contribution in [0.15, 0.2) is 36.5 Å². The molecule has 0 saturated carbocycles. The van der Waals surface area contributed by atoms with Gasteiger partial charge in [0.1, 0.15) is 0 Å². The molecule has 0 aliphatic carbocycles. The SMILES string of the molecule is O=C(c1cn(CCc2ccccc2)nn1)N1CCN2CCCC2C1. The van der Waals surface area contributed by atoms with Gasteiger partial charge in [-0.2, -0.15) is 0 Å². The van der Waals surface area contributed by atoms with E-state index in [-0.39, 0.29) is 5.91 Å². The molecule has 1 aromatic carbocycles. The molecule has 0 radical (unpaired) electrons. The quantitative estimate of drug-likeness (QED) is 0.854. The van der Waals surface area contributed by atoms with E-state index in [9.17, 15) is 4.79 Å². The molecule has 1 atom stereocenters. The van der Waals surface area contributed by atoms with Crippen molar-refractivity contribution in [3.05, 3.63) is 47.8 Å². The molecule has 2 aliphatic rings. The number of amides is 1.